The van der Waals surface area contributed by atoms with Crippen LogP contribution in [0.25, 0.3) is 22.3 Å². The van der Waals surface area contributed by atoms with Crippen LogP contribution in [0.4, 0.5) is 91.0 Å². The van der Waals surface area contributed by atoms with E-state index in [1.54, 1.807) is 37.5 Å². The molecule has 0 saturated heterocycles. The molecule has 0 aliphatic carbocycles. The van der Waals surface area contributed by atoms with Crippen LogP contribution in [-0.4, -0.2) is 26.2 Å². The number of nitrogens with zero attached hydrogens (tertiary/aromatic N) is 16. The molecule has 0 aliphatic rings. The van der Waals surface area contributed by atoms with Crippen molar-refractivity contribution in [1.29, 1.82) is 0 Å². The molecule has 0 unspecified atom stereocenters. The fraction of sp³-hybridized carbons (Fsp3) is 0.267. The summed E-state index contributed by atoms with van der Waals surface area (Å²) in [6.07, 6.45) is 9.67. The van der Waals surface area contributed by atoms with E-state index in [2.05, 4.69) is 233 Å². The number of aryl methyl sites for hydroxylation is 1. The molecule has 0 spiro atoms. The van der Waals surface area contributed by atoms with Gasteiger partial charge in [0.05, 0.1) is 73.9 Å². The average Bonchev–Trinajstić information content (AvgIpc) is 0.855. The van der Waals surface area contributed by atoms with Crippen LogP contribution in [0.1, 0.15) is 194 Å². The molecular formula is C101H169N16Y-. The van der Waals surface area contributed by atoms with E-state index in [-0.39, 0.29) is 72.7 Å². The Labute approximate surface area is 770 Å². The summed E-state index contributed by atoms with van der Waals surface area (Å²) in [5, 5.41) is 52.2. The number of unbranched alkanes of at least 4 members (excludes halogenated alkanes) is 4. The van der Waals surface area contributed by atoms with Gasteiger partial charge in [-0.2, -0.15) is 79.6 Å². The number of hydrogen-bond acceptors (Lipinski definition) is 16. The van der Waals surface area contributed by atoms with Crippen molar-refractivity contribution >= 4 is 91.0 Å². The molecule has 0 fully saturated rings. The Bertz CT molecular complexity index is 4900. The van der Waals surface area contributed by atoms with Gasteiger partial charge in [-0.25, -0.2) is 9.80 Å². The Hall–Kier alpha value is -12.4. The largest absolute Gasteiger partial charge is 0.372 e. The summed E-state index contributed by atoms with van der Waals surface area (Å²) in [7, 11) is 0. The van der Waals surface area contributed by atoms with Gasteiger partial charge in [0, 0.05) is 134 Å². The summed E-state index contributed by atoms with van der Waals surface area (Å²) in [6, 6.07) is 102. The zero-order valence-corrected chi connectivity index (χ0v) is 74.5. The fourth-order valence-electron chi connectivity index (χ4n) is 10.9. The van der Waals surface area contributed by atoms with Gasteiger partial charge in [-0.15, -0.1) is 12.1 Å². The van der Waals surface area contributed by atoms with E-state index in [0.717, 1.165) is 117 Å². The van der Waals surface area contributed by atoms with Crippen LogP contribution in [0, 0.1) is 60.8 Å². The monoisotopic (exact) mass is 1700 g/mol. The third-order valence-electron chi connectivity index (χ3n) is 17.1. The molecule has 0 bridgehead atoms. The topological polar surface area (TPSA) is 161 Å². The number of hydrogen-bond donors (Lipinski definition) is 0. The number of anilines is 4. The Morgan fingerprint density at radius 1 is 0.246 bits per heavy atom. The van der Waals surface area contributed by atoms with E-state index >= 15 is 0 Å². The zero-order chi connectivity index (χ0) is 83.9. The van der Waals surface area contributed by atoms with E-state index in [0.29, 0.717) is 11.4 Å². The molecule has 11 aromatic rings. The molecule has 0 N–H and O–H groups in total. The zero-order valence-electron chi connectivity index (χ0n) is 71.6. The molecule has 1 radical (unpaired) electrons. The maximum atomic E-state index is 4.48. The number of benzene rings is 11. The summed E-state index contributed by atoms with van der Waals surface area (Å²) >= 11 is 0. The molecule has 11 aromatic carbocycles. The normalized spacial score (nSPS) is 10.4. The number of rotatable bonds is 30. The molecule has 0 amide bonds. The van der Waals surface area contributed by atoms with Gasteiger partial charge in [-0.3, -0.25) is 0 Å². The van der Waals surface area contributed by atoms with Gasteiger partial charge in [0.1, 0.15) is 0 Å². The minimum absolute atomic E-state index is 0. The first kappa shape index (κ1) is 96.1. The molecule has 0 aliphatic heterocycles. The molecule has 17 heteroatoms. The van der Waals surface area contributed by atoms with Gasteiger partial charge in [0.15, 0.2) is 0 Å². The number of azo groups is 6. The predicted octanol–water partition coefficient (Wildman–Crippen LogP) is 39.3. The molecule has 16 nitrogen and oxygen atoms in total. The SMILES string of the molecule is CC.CC.CC.CC#CN(C#CC)c1ccc(N=Nc2ccc(N=Nc3ccc(N(C#CC)C#CC)cc3)cc2)cc1.CCCCN(CCCC)c1ccc(N=Nc2ccc(-c3ccc(N=Nc4ccc(N(CCCC)CCCC)cc4)cc3)cc2)cc1.Cc1ccc(N=Nc2ccc(-c3ccc(N=Nc4cc[c-]cc4)cc3)cc2)cc1.[HH].[HH].[HH].[HH].[HH].[HH].[HH].[HH].[HH].[HH].[HH].[HH].[HH].[HH].[HH].[HH].[HH].[HH].[HH].[HH].[HH].[HH].[HH].[HH].[HH].[HH].[HH].[HH].[Y]. The maximum absolute atomic E-state index is 4.48. The maximum Gasteiger partial charge on any atom is 0.0858 e. The van der Waals surface area contributed by atoms with Crippen LogP contribution in [0.15, 0.2) is 328 Å². The van der Waals surface area contributed by atoms with Crippen molar-refractivity contribution < 1.29 is 72.7 Å². The van der Waals surface area contributed by atoms with Crippen LogP contribution in [0.3, 0.4) is 0 Å². The summed E-state index contributed by atoms with van der Waals surface area (Å²) < 4.78 is 0. The molecule has 0 saturated carbocycles. The van der Waals surface area contributed by atoms with Crippen molar-refractivity contribution in [3.05, 3.63) is 279 Å². The molecule has 11 rings (SSSR count). The van der Waals surface area contributed by atoms with E-state index in [1.807, 2.05) is 236 Å². The van der Waals surface area contributed by atoms with Crippen LogP contribution in [0.5, 0.6) is 0 Å². The van der Waals surface area contributed by atoms with Crippen LogP contribution >= 0.6 is 0 Å². The molecule has 118 heavy (non-hydrogen) atoms. The van der Waals surface area contributed by atoms with Crippen molar-refractivity contribution in [2.45, 2.75) is 155 Å². The Balaban J connectivity index is -0.0000000627. The van der Waals surface area contributed by atoms with Crippen LogP contribution in [-0.2, 0) is 32.7 Å². The van der Waals surface area contributed by atoms with Gasteiger partial charge in [-0.1, -0.05) is 185 Å². The third kappa shape index (κ3) is 34.6. The Kier molecular flexibility index (Phi) is 46.9. The van der Waals surface area contributed by atoms with Crippen molar-refractivity contribution in [2.24, 2.45) is 61.4 Å². The minimum atomic E-state index is 0. The van der Waals surface area contributed by atoms with Gasteiger partial charge >= 0.3 is 0 Å². The van der Waals surface area contributed by atoms with Crippen molar-refractivity contribution in [2.75, 3.05) is 45.8 Å². The molecule has 657 valence electrons. The molecule has 0 aromatic heterocycles. The summed E-state index contributed by atoms with van der Waals surface area (Å²) in [6.45, 7) is 34.5. The van der Waals surface area contributed by atoms with Gasteiger partial charge in [-0.05, 0) is 270 Å². The second kappa shape index (κ2) is 57.6. The first-order valence-corrected chi connectivity index (χ1v) is 40.8. The molecular weight excluding hydrogens is 1530 g/mol. The van der Waals surface area contributed by atoms with Crippen molar-refractivity contribution in [3.63, 3.8) is 0 Å². The second-order valence-corrected chi connectivity index (χ2v) is 25.6. The van der Waals surface area contributed by atoms with E-state index < -0.39 is 0 Å². The van der Waals surface area contributed by atoms with Gasteiger partial charge in [0.25, 0.3) is 0 Å². The van der Waals surface area contributed by atoms with Crippen molar-refractivity contribution in [1.82, 2.24) is 0 Å². The van der Waals surface area contributed by atoms with Crippen molar-refractivity contribution in [3.8, 4) is 70.1 Å². The molecule has 0 heterocycles. The Morgan fingerprint density at radius 3 is 0.610 bits per heavy atom. The van der Waals surface area contributed by atoms with Crippen LogP contribution < -0.4 is 19.6 Å². The van der Waals surface area contributed by atoms with E-state index in [1.165, 1.54) is 68.3 Å². The first-order chi connectivity index (χ1) is 57.5. The summed E-state index contributed by atoms with van der Waals surface area (Å²) in [4.78, 5) is 8.33. The molecule has 0 atom stereocenters. The van der Waals surface area contributed by atoms with E-state index in [9.17, 15) is 0 Å². The average molecular weight is 1700 g/mol. The third-order valence-corrected chi connectivity index (χ3v) is 17.1. The quantitative estimate of drug-likeness (QED) is 0.0190. The predicted molar refractivity (Wildman–Crippen MR) is 554 cm³/mol. The standard InChI is InChI=1S/C40H52N6.C30H24N6.C25H19N4.3C2H6.Y.28H2/c1-5-9-29-45(30-10-6-2)39-25-21-37(22-26-39)43-41-35-17-13-33(14-18-35)34-15-19-36(20-16-34)42-44-38-23-27-40(28-24-38)46(31-11-7-3)32-12-8-4;1-5-21-35(22-6-2)29-17-13-27(14-18-29)33-31-25-9-11-26(12-10-25)32-34-28-15-19-30(20-16-28)36(23-7-3)24-8-4;1-19-7-13-23(14-8-19)27-29-25-17-11-21(12-18-25)20-9-15-24(16-10-20)28-26-22-5-3-2-4-6-22;3*1-2;;;;;;;;;;;;;;;;;;;;;;;;;;;;;/h13-28H,5-12,29-32H2,1-4H3;9-20H,1-4H3;3-18H,1H3;3*1-2H3;;28*1H/q;;-1;;;;;;;;;;;;;;;;;;;;;;;;;;;;;;;;. The van der Waals surface area contributed by atoms with Gasteiger partial charge in [0.2, 0.25) is 0 Å². The van der Waals surface area contributed by atoms with Gasteiger partial charge < -0.3 is 9.80 Å². The van der Waals surface area contributed by atoms with Crippen LogP contribution in [0.2, 0.25) is 0 Å². The summed E-state index contributed by atoms with van der Waals surface area (Å²) in [5.74, 6) is 11.4. The fourth-order valence-corrected chi connectivity index (χ4v) is 10.9. The Morgan fingerprint density at radius 2 is 0.415 bits per heavy atom. The van der Waals surface area contributed by atoms with E-state index in [4.69, 9.17) is 0 Å². The second-order valence-electron chi connectivity index (χ2n) is 25.6. The smallest absolute Gasteiger partial charge is 0.0858 e. The minimum Gasteiger partial charge on any atom is -0.372 e. The summed E-state index contributed by atoms with van der Waals surface area (Å²) in [5.41, 5.74) is 19.5. The first-order valence-electron chi connectivity index (χ1n) is 40.8.